The molecule has 1 aliphatic heterocycles. The molecule has 0 bridgehead atoms. The van der Waals surface area contributed by atoms with Gasteiger partial charge in [-0.2, -0.15) is 9.61 Å². The summed E-state index contributed by atoms with van der Waals surface area (Å²) in [5.74, 6) is 0.304. The fraction of sp³-hybridized carbons (Fsp3) is 0.333. The Bertz CT molecular complexity index is 977. The normalized spacial score (nSPS) is 19.9. The van der Waals surface area contributed by atoms with Gasteiger partial charge in [-0.1, -0.05) is 0 Å². The molecule has 0 radical (unpaired) electrons. The smallest absolute Gasteiger partial charge is 0.320 e. The number of nitrogens with zero attached hydrogens (tertiary/aromatic N) is 4. The molecule has 0 spiro atoms. The summed E-state index contributed by atoms with van der Waals surface area (Å²) in [6, 6.07) is 4.98. The van der Waals surface area contributed by atoms with Crippen molar-refractivity contribution in [3.8, 4) is 17.0 Å². The number of pyridine rings is 1. The van der Waals surface area contributed by atoms with Gasteiger partial charge >= 0.3 is 5.97 Å². The van der Waals surface area contributed by atoms with Gasteiger partial charge in [0.2, 0.25) is 5.88 Å². The molecule has 2 unspecified atom stereocenters. The number of carboxylic acids is 1. The van der Waals surface area contributed by atoms with Crippen molar-refractivity contribution in [3.05, 3.63) is 36.3 Å². The monoisotopic (exact) mass is 368 g/mol. The second-order valence-electron chi connectivity index (χ2n) is 6.56. The third kappa shape index (κ3) is 3.17. The lowest BCUT2D eigenvalue weighted by Gasteiger charge is -2.27. The fourth-order valence-corrected chi connectivity index (χ4v) is 3.40. The lowest BCUT2D eigenvalue weighted by molar-refractivity contribution is -0.140. The van der Waals surface area contributed by atoms with E-state index in [1.165, 1.54) is 0 Å². The molecule has 0 amide bonds. The zero-order valence-corrected chi connectivity index (χ0v) is 14.8. The highest BCUT2D eigenvalue weighted by Crippen LogP contribution is 2.29. The van der Waals surface area contributed by atoms with Crippen LogP contribution in [0.1, 0.15) is 24.5 Å². The highest BCUT2D eigenvalue weighted by molar-refractivity contribution is 5.77. The van der Waals surface area contributed by atoms with Gasteiger partial charge in [0.1, 0.15) is 11.9 Å². The summed E-state index contributed by atoms with van der Waals surface area (Å²) in [5, 5.41) is 16.5. The zero-order valence-electron chi connectivity index (χ0n) is 14.8. The second kappa shape index (κ2) is 6.84. The third-order valence-electron chi connectivity index (χ3n) is 4.91. The maximum Gasteiger partial charge on any atom is 0.320 e. The number of fused-ring (bicyclic) bond motifs is 1. The van der Waals surface area contributed by atoms with Gasteiger partial charge in [0, 0.05) is 41.9 Å². The molecular weight excluding hydrogens is 348 g/mol. The fourth-order valence-electron chi connectivity index (χ4n) is 3.40. The number of anilines is 1. The Morgan fingerprint density at radius 3 is 2.85 bits per heavy atom. The largest absolute Gasteiger partial charge is 0.481 e. The summed E-state index contributed by atoms with van der Waals surface area (Å²) in [4.78, 5) is 20.1. The number of aromatic nitrogens is 4. The minimum atomic E-state index is -0.818. The highest BCUT2D eigenvalue weighted by Gasteiger charge is 2.27. The molecule has 0 aliphatic carbocycles. The standard InChI is InChI=1S/C18H20N6O3/c1-27-16-5-3-10(7-21-16)12-9-22-24-15(19)6-14(23-17(12)24)11-2-4-13(18(25)26)20-8-11/h3,5-7,9,11,13,20H,2,4,8,19H2,1H3,(H,25,26). The third-order valence-corrected chi connectivity index (χ3v) is 4.91. The molecule has 4 rings (SSSR count). The predicted octanol–water partition coefficient (Wildman–Crippen LogP) is 1.30. The second-order valence-corrected chi connectivity index (χ2v) is 6.56. The molecule has 140 valence electrons. The molecule has 1 aliphatic rings. The van der Waals surface area contributed by atoms with E-state index in [0.717, 1.165) is 23.2 Å². The molecular formula is C18H20N6O3. The van der Waals surface area contributed by atoms with Crippen LogP contribution >= 0.6 is 0 Å². The van der Waals surface area contributed by atoms with Crippen LogP contribution in [-0.4, -0.2) is 50.4 Å². The van der Waals surface area contributed by atoms with Crippen LogP contribution in [0.25, 0.3) is 16.8 Å². The van der Waals surface area contributed by atoms with E-state index in [2.05, 4.69) is 15.4 Å². The SMILES string of the molecule is COc1ccc(-c2cnn3c(N)cc(C4CCC(C(=O)O)NC4)nc23)cn1. The number of methoxy groups -OCH3 is 1. The topological polar surface area (TPSA) is 128 Å². The molecule has 9 heteroatoms. The Labute approximate surface area is 155 Å². The van der Waals surface area contributed by atoms with Crippen LogP contribution in [0.15, 0.2) is 30.6 Å². The van der Waals surface area contributed by atoms with Crippen molar-refractivity contribution < 1.29 is 14.6 Å². The van der Waals surface area contributed by atoms with Gasteiger partial charge in [-0.3, -0.25) is 4.79 Å². The first-order chi connectivity index (χ1) is 13.1. The molecule has 2 atom stereocenters. The van der Waals surface area contributed by atoms with Crippen LogP contribution in [0.4, 0.5) is 5.82 Å². The molecule has 1 saturated heterocycles. The van der Waals surface area contributed by atoms with E-state index >= 15 is 0 Å². The van der Waals surface area contributed by atoms with Crippen LogP contribution < -0.4 is 15.8 Å². The van der Waals surface area contributed by atoms with Crippen LogP contribution in [0, 0.1) is 0 Å². The quantitative estimate of drug-likeness (QED) is 0.629. The molecule has 1 fully saturated rings. The number of rotatable bonds is 4. The van der Waals surface area contributed by atoms with Crippen molar-refractivity contribution in [3.63, 3.8) is 0 Å². The number of hydrogen-bond acceptors (Lipinski definition) is 7. The summed E-state index contributed by atoms with van der Waals surface area (Å²) < 4.78 is 6.70. The van der Waals surface area contributed by atoms with Gasteiger partial charge < -0.3 is 20.9 Å². The minimum Gasteiger partial charge on any atom is -0.481 e. The molecule has 27 heavy (non-hydrogen) atoms. The van der Waals surface area contributed by atoms with E-state index in [9.17, 15) is 4.79 Å². The summed E-state index contributed by atoms with van der Waals surface area (Å²) in [6.07, 6.45) is 4.72. The van der Waals surface area contributed by atoms with Crippen LogP contribution in [-0.2, 0) is 4.79 Å². The number of carboxylic acid groups (broad SMARTS) is 1. The lowest BCUT2D eigenvalue weighted by atomic mass is 9.92. The van der Waals surface area contributed by atoms with Gasteiger partial charge in [0.05, 0.1) is 19.0 Å². The minimum absolute atomic E-state index is 0.102. The molecule has 4 N–H and O–H groups in total. The summed E-state index contributed by atoms with van der Waals surface area (Å²) in [6.45, 7) is 0.549. The first-order valence-electron chi connectivity index (χ1n) is 8.67. The number of piperidine rings is 1. The first kappa shape index (κ1) is 17.2. The molecule has 4 heterocycles. The molecule has 0 aromatic carbocycles. The average Bonchev–Trinajstić information content (AvgIpc) is 3.12. The van der Waals surface area contributed by atoms with Crippen LogP contribution in [0.3, 0.4) is 0 Å². The lowest BCUT2D eigenvalue weighted by Crippen LogP contribution is -2.43. The Morgan fingerprint density at radius 2 is 2.22 bits per heavy atom. The number of carbonyl (C=O) groups is 1. The van der Waals surface area contributed by atoms with Gasteiger partial charge in [-0.05, 0) is 18.9 Å². The Kier molecular flexibility index (Phi) is 4.36. The van der Waals surface area contributed by atoms with E-state index < -0.39 is 12.0 Å². The number of aliphatic carboxylic acids is 1. The van der Waals surface area contributed by atoms with Gasteiger partial charge in [0.25, 0.3) is 0 Å². The van der Waals surface area contributed by atoms with Crippen molar-refractivity contribution >= 4 is 17.4 Å². The summed E-state index contributed by atoms with van der Waals surface area (Å²) in [5.41, 5.74) is 9.36. The van der Waals surface area contributed by atoms with E-state index in [1.54, 1.807) is 30.1 Å². The van der Waals surface area contributed by atoms with E-state index in [0.29, 0.717) is 30.3 Å². The molecule has 9 nitrogen and oxygen atoms in total. The van der Waals surface area contributed by atoms with E-state index in [-0.39, 0.29) is 5.92 Å². The molecule has 3 aromatic heterocycles. The first-order valence-corrected chi connectivity index (χ1v) is 8.67. The summed E-state index contributed by atoms with van der Waals surface area (Å²) in [7, 11) is 1.57. The van der Waals surface area contributed by atoms with Crippen LogP contribution in [0.5, 0.6) is 5.88 Å². The predicted molar refractivity (Wildman–Crippen MR) is 98.6 cm³/mol. The Morgan fingerprint density at radius 1 is 1.37 bits per heavy atom. The molecule has 3 aromatic rings. The van der Waals surface area contributed by atoms with E-state index in [4.69, 9.17) is 20.6 Å². The highest BCUT2D eigenvalue weighted by atomic mass is 16.5. The average molecular weight is 368 g/mol. The maximum atomic E-state index is 11.1. The number of nitrogens with two attached hydrogens (primary N) is 1. The van der Waals surface area contributed by atoms with Gasteiger partial charge in [0.15, 0.2) is 5.65 Å². The number of hydrogen-bond donors (Lipinski definition) is 3. The zero-order chi connectivity index (χ0) is 19.0. The summed E-state index contributed by atoms with van der Waals surface area (Å²) >= 11 is 0. The van der Waals surface area contributed by atoms with Crippen molar-refractivity contribution in [2.24, 2.45) is 0 Å². The Hall–Kier alpha value is -3.20. The van der Waals surface area contributed by atoms with Crippen LogP contribution in [0.2, 0.25) is 0 Å². The number of ether oxygens (including phenoxy) is 1. The van der Waals surface area contributed by atoms with Crippen molar-refractivity contribution in [2.45, 2.75) is 24.8 Å². The van der Waals surface area contributed by atoms with Gasteiger partial charge in [-0.25, -0.2) is 9.97 Å². The number of nitrogens with one attached hydrogen (secondary N) is 1. The Balaban J connectivity index is 1.69. The van der Waals surface area contributed by atoms with E-state index in [1.807, 2.05) is 12.1 Å². The maximum absolute atomic E-state index is 11.1. The van der Waals surface area contributed by atoms with Crippen molar-refractivity contribution in [1.82, 2.24) is 24.9 Å². The molecule has 0 saturated carbocycles. The van der Waals surface area contributed by atoms with Gasteiger partial charge in [-0.15, -0.1) is 0 Å². The number of nitrogen functional groups attached to an aromatic ring is 1. The van der Waals surface area contributed by atoms with Crippen molar-refractivity contribution in [1.29, 1.82) is 0 Å². The van der Waals surface area contributed by atoms with Crippen molar-refractivity contribution in [2.75, 3.05) is 19.4 Å².